The van der Waals surface area contributed by atoms with Crippen molar-refractivity contribution < 1.29 is 0 Å². The second-order valence-electron chi connectivity index (χ2n) is 4.65. The summed E-state index contributed by atoms with van der Waals surface area (Å²) >= 11 is 0. The van der Waals surface area contributed by atoms with Gasteiger partial charge in [-0.1, -0.05) is 32.3 Å². The van der Waals surface area contributed by atoms with Crippen LogP contribution in [0.1, 0.15) is 52.4 Å². The van der Waals surface area contributed by atoms with Gasteiger partial charge in [0, 0.05) is 12.1 Å². The van der Waals surface area contributed by atoms with E-state index < -0.39 is 0 Å². The van der Waals surface area contributed by atoms with Gasteiger partial charge in [0.25, 0.3) is 0 Å². The Kier molecular flexibility index (Phi) is 5.24. The molecule has 3 atom stereocenters. The maximum absolute atomic E-state index is 3.79. The Balaban J connectivity index is 2.35. The molecule has 0 aromatic carbocycles. The van der Waals surface area contributed by atoms with E-state index in [1.165, 1.54) is 32.1 Å². The first-order chi connectivity index (χ1) is 6.77. The van der Waals surface area contributed by atoms with Gasteiger partial charge in [0.1, 0.15) is 0 Å². The molecule has 1 nitrogen and oxygen atoms in total. The summed E-state index contributed by atoms with van der Waals surface area (Å²) in [6.07, 6.45) is 10.1. The highest BCUT2D eigenvalue weighted by Gasteiger charge is 2.23. The van der Waals surface area contributed by atoms with E-state index in [-0.39, 0.29) is 0 Å². The predicted molar refractivity (Wildman–Crippen MR) is 63.4 cm³/mol. The Morgan fingerprint density at radius 2 is 2.14 bits per heavy atom. The van der Waals surface area contributed by atoms with Crippen LogP contribution in [0.15, 0.2) is 12.7 Å². The standard InChI is InChI=1S/C13H25N/c1-4-8-11(3)14-13-10-7-6-9-12(13)5-2/h4,11-14H,1,5-10H2,2-3H3. The van der Waals surface area contributed by atoms with Gasteiger partial charge in [-0.05, 0) is 32.1 Å². The highest BCUT2D eigenvalue weighted by molar-refractivity contribution is 4.84. The summed E-state index contributed by atoms with van der Waals surface area (Å²) < 4.78 is 0. The van der Waals surface area contributed by atoms with Crippen LogP contribution >= 0.6 is 0 Å². The molecule has 1 N–H and O–H groups in total. The van der Waals surface area contributed by atoms with Gasteiger partial charge < -0.3 is 5.32 Å². The van der Waals surface area contributed by atoms with Gasteiger partial charge in [0.05, 0.1) is 0 Å². The number of hydrogen-bond acceptors (Lipinski definition) is 1. The van der Waals surface area contributed by atoms with Gasteiger partial charge in [0.15, 0.2) is 0 Å². The third-order valence-electron chi connectivity index (χ3n) is 3.45. The Labute approximate surface area is 89.0 Å². The second kappa shape index (κ2) is 6.23. The minimum absolute atomic E-state index is 0.602. The SMILES string of the molecule is C=CCC(C)NC1CCCCC1CC. The minimum atomic E-state index is 0.602. The fraction of sp³-hybridized carbons (Fsp3) is 0.846. The monoisotopic (exact) mass is 195 g/mol. The van der Waals surface area contributed by atoms with Crippen LogP contribution in [0, 0.1) is 5.92 Å². The summed E-state index contributed by atoms with van der Waals surface area (Å²) in [7, 11) is 0. The average Bonchev–Trinajstić information content (AvgIpc) is 2.19. The molecule has 82 valence electrons. The first-order valence-electron chi connectivity index (χ1n) is 6.14. The lowest BCUT2D eigenvalue weighted by molar-refractivity contribution is 0.240. The van der Waals surface area contributed by atoms with Crippen molar-refractivity contribution in [3.8, 4) is 0 Å². The van der Waals surface area contributed by atoms with E-state index in [0.717, 1.165) is 18.4 Å². The molecule has 0 heterocycles. The number of rotatable bonds is 5. The van der Waals surface area contributed by atoms with E-state index >= 15 is 0 Å². The molecular formula is C13H25N. The molecule has 1 saturated carbocycles. The molecule has 1 aliphatic carbocycles. The quantitative estimate of drug-likeness (QED) is 0.662. The number of nitrogens with one attached hydrogen (secondary N) is 1. The van der Waals surface area contributed by atoms with Gasteiger partial charge in [0.2, 0.25) is 0 Å². The fourth-order valence-electron chi connectivity index (χ4n) is 2.60. The normalized spacial score (nSPS) is 29.9. The zero-order valence-corrected chi connectivity index (χ0v) is 9.76. The van der Waals surface area contributed by atoms with E-state index in [0.29, 0.717) is 6.04 Å². The van der Waals surface area contributed by atoms with Crippen molar-refractivity contribution in [3.63, 3.8) is 0 Å². The van der Waals surface area contributed by atoms with Crippen molar-refractivity contribution in [1.82, 2.24) is 5.32 Å². The summed E-state index contributed by atoms with van der Waals surface area (Å²) in [4.78, 5) is 0. The molecule has 14 heavy (non-hydrogen) atoms. The molecular weight excluding hydrogens is 170 g/mol. The summed E-state index contributed by atoms with van der Waals surface area (Å²) in [6, 6.07) is 1.37. The molecule has 3 unspecified atom stereocenters. The second-order valence-corrected chi connectivity index (χ2v) is 4.65. The summed E-state index contributed by atoms with van der Waals surface area (Å²) in [6.45, 7) is 8.38. The lowest BCUT2D eigenvalue weighted by atomic mass is 9.82. The topological polar surface area (TPSA) is 12.0 Å². The Morgan fingerprint density at radius 3 is 2.79 bits per heavy atom. The molecule has 0 amide bonds. The van der Waals surface area contributed by atoms with E-state index in [2.05, 4.69) is 25.7 Å². The van der Waals surface area contributed by atoms with Crippen molar-refractivity contribution in [3.05, 3.63) is 12.7 Å². The summed E-state index contributed by atoms with van der Waals surface area (Å²) in [5, 5.41) is 3.75. The maximum Gasteiger partial charge on any atom is 0.00978 e. The van der Waals surface area contributed by atoms with E-state index in [1.54, 1.807) is 0 Å². The van der Waals surface area contributed by atoms with Crippen LogP contribution < -0.4 is 5.32 Å². The minimum Gasteiger partial charge on any atom is -0.311 e. The van der Waals surface area contributed by atoms with Gasteiger partial charge in [-0.25, -0.2) is 0 Å². The van der Waals surface area contributed by atoms with Crippen LogP contribution in [-0.2, 0) is 0 Å². The van der Waals surface area contributed by atoms with Crippen LogP contribution in [0.3, 0.4) is 0 Å². The zero-order chi connectivity index (χ0) is 10.4. The van der Waals surface area contributed by atoms with Gasteiger partial charge in [-0.3, -0.25) is 0 Å². The van der Waals surface area contributed by atoms with E-state index in [4.69, 9.17) is 0 Å². The van der Waals surface area contributed by atoms with Crippen molar-refractivity contribution in [1.29, 1.82) is 0 Å². The first-order valence-corrected chi connectivity index (χ1v) is 6.14. The summed E-state index contributed by atoms with van der Waals surface area (Å²) in [5.74, 6) is 0.913. The Bertz CT molecular complexity index is 165. The van der Waals surface area contributed by atoms with Crippen LogP contribution in [-0.4, -0.2) is 12.1 Å². The van der Waals surface area contributed by atoms with E-state index in [9.17, 15) is 0 Å². The zero-order valence-electron chi connectivity index (χ0n) is 9.76. The molecule has 1 aliphatic rings. The predicted octanol–water partition coefficient (Wildman–Crippen LogP) is 3.51. The largest absolute Gasteiger partial charge is 0.311 e. The highest BCUT2D eigenvalue weighted by Crippen LogP contribution is 2.27. The Morgan fingerprint density at radius 1 is 1.43 bits per heavy atom. The third-order valence-corrected chi connectivity index (χ3v) is 3.45. The fourth-order valence-corrected chi connectivity index (χ4v) is 2.60. The molecule has 0 bridgehead atoms. The molecule has 0 spiro atoms. The lowest BCUT2D eigenvalue weighted by Crippen LogP contribution is -2.42. The molecule has 1 fully saturated rings. The molecule has 0 radical (unpaired) electrons. The average molecular weight is 195 g/mol. The summed E-state index contributed by atoms with van der Waals surface area (Å²) in [5.41, 5.74) is 0. The van der Waals surface area contributed by atoms with Crippen molar-refractivity contribution in [2.45, 2.75) is 64.5 Å². The van der Waals surface area contributed by atoms with Crippen LogP contribution in [0.5, 0.6) is 0 Å². The molecule has 1 rings (SSSR count). The van der Waals surface area contributed by atoms with Gasteiger partial charge >= 0.3 is 0 Å². The highest BCUT2D eigenvalue weighted by atomic mass is 14.9. The van der Waals surface area contributed by atoms with Crippen molar-refractivity contribution in [2.75, 3.05) is 0 Å². The smallest absolute Gasteiger partial charge is 0.00978 e. The van der Waals surface area contributed by atoms with Crippen LogP contribution in [0.2, 0.25) is 0 Å². The third kappa shape index (κ3) is 3.45. The van der Waals surface area contributed by atoms with E-state index in [1.807, 2.05) is 6.08 Å². The lowest BCUT2D eigenvalue weighted by Gasteiger charge is -2.33. The molecule has 0 aliphatic heterocycles. The number of hydrogen-bond donors (Lipinski definition) is 1. The molecule has 0 saturated heterocycles. The molecule has 0 aromatic rings. The van der Waals surface area contributed by atoms with Crippen LogP contribution in [0.4, 0.5) is 0 Å². The van der Waals surface area contributed by atoms with Crippen molar-refractivity contribution in [2.24, 2.45) is 5.92 Å². The first kappa shape index (κ1) is 11.8. The molecule has 0 aromatic heterocycles. The van der Waals surface area contributed by atoms with Crippen LogP contribution in [0.25, 0.3) is 0 Å². The molecule has 1 heteroatoms. The Hall–Kier alpha value is -0.300. The van der Waals surface area contributed by atoms with Gasteiger partial charge in [-0.15, -0.1) is 6.58 Å². The van der Waals surface area contributed by atoms with Crippen molar-refractivity contribution >= 4 is 0 Å². The van der Waals surface area contributed by atoms with Gasteiger partial charge in [-0.2, -0.15) is 0 Å². The maximum atomic E-state index is 3.79.